The maximum atomic E-state index is 13.1. The molecule has 0 aliphatic rings. The Kier molecular flexibility index (Phi) is 6.53. The van der Waals surface area contributed by atoms with Crippen molar-refractivity contribution in [2.24, 2.45) is 0 Å². The van der Waals surface area contributed by atoms with Gasteiger partial charge in [-0.1, -0.05) is 12.1 Å². The van der Waals surface area contributed by atoms with Crippen molar-refractivity contribution < 1.29 is 9.18 Å². The van der Waals surface area contributed by atoms with E-state index >= 15 is 0 Å². The number of nitrogens with one attached hydrogen (secondary N) is 3. The third-order valence-electron chi connectivity index (χ3n) is 4.93. The lowest BCUT2D eigenvalue weighted by Gasteiger charge is -2.08. The zero-order valence-corrected chi connectivity index (χ0v) is 17.5. The van der Waals surface area contributed by atoms with Gasteiger partial charge in [-0.3, -0.25) is 14.6 Å². The van der Waals surface area contributed by atoms with E-state index in [9.17, 15) is 18.8 Å². The Bertz CT molecular complexity index is 1380. The molecule has 0 saturated heterocycles. The smallest absolute Gasteiger partial charge is 0.328 e. The van der Waals surface area contributed by atoms with Gasteiger partial charge < -0.3 is 15.2 Å². The average Bonchev–Trinajstić information content (AvgIpc) is 3.22. The predicted octanol–water partition coefficient (Wildman–Crippen LogP) is 0.634. The predicted molar refractivity (Wildman–Crippen MR) is 118 cm³/mol. The van der Waals surface area contributed by atoms with Gasteiger partial charge in [-0.05, 0) is 17.7 Å². The van der Waals surface area contributed by atoms with Crippen molar-refractivity contribution in [3.8, 4) is 0 Å². The van der Waals surface area contributed by atoms with E-state index in [1.165, 1.54) is 35.3 Å². The van der Waals surface area contributed by atoms with Crippen LogP contribution in [0.2, 0.25) is 0 Å². The number of carbonyl (C=O) groups excluding carboxylic acids is 1. The molecule has 0 radical (unpaired) electrons. The molecule has 0 spiro atoms. The summed E-state index contributed by atoms with van der Waals surface area (Å²) in [6.07, 6.45) is 4.51. The molecular weight excluding hydrogens is 431 g/mol. The summed E-state index contributed by atoms with van der Waals surface area (Å²) in [5, 5.41) is 11.0. The largest absolute Gasteiger partial charge is 0.365 e. The molecule has 12 heteroatoms. The van der Waals surface area contributed by atoms with Crippen LogP contribution in [0.15, 0.2) is 58.6 Å². The number of anilines is 1. The molecule has 0 bridgehead atoms. The number of amides is 1. The Morgan fingerprint density at radius 3 is 2.70 bits per heavy atom. The Morgan fingerprint density at radius 1 is 1.09 bits per heavy atom. The number of nitrogens with zero attached hydrogens (tertiary/aromatic N) is 5. The maximum Gasteiger partial charge on any atom is 0.328 e. The van der Waals surface area contributed by atoms with Crippen LogP contribution in [0.1, 0.15) is 12.0 Å². The summed E-state index contributed by atoms with van der Waals surface area (Å²) in [7, 11) is 0. The van der Waals surface area contributed by atoms with Crippen LogP contribution >= 0.6 is 0 Å². The zero-order valence-electron chi connectivity index (χ0n) is 17.5. The van der Waals surface area contributed by atoms with Crippen molar-refractivity contribution in [3.63, 3.8) is 0 Å². The molecule has 3 N–H and O–H groups in total. The van der Waals surface area contributed by atoms with E-state index in [1.807, 2.05) is 0 Å². The summed E-state index contributed by atoms with van der Waals surface area (Å²) >= 11 is 0. The van der Waals surface area contributed by atoms with Crippen molar-refractivity contribution in [1.82, 2.24) is 34.6 Å². The molecule has 0 aliphatic heterocycles. The van der Waals surface area contributed by atoms with Crippen LogP contribution in [0.25, 0.3) is 11.0 Å². The second-order valence-corrected chi connectivity index (χ2v) is 7.21. The van der Waals surface area contributed by atoms with Gasteiger partial charge in [0.05, 0.1) is 18.1 Å². The van der Waals surface area contributed by atoms with Gasteiger partial charge in [0, 0.05) is 38.3 Å². The summed E-state index contributed by atoms with van der Waals surface area (Å²) in [4.78, 5) is 45.5. The van der Waals surface area contributed by atoms with Gasteiger partial charge in [-0.2, -0.15) is 5.10 Å². The first-order chi connectivity index (χ1) is 16.0. The number of hydrogen-bond donors (Lipinski definition) is 3. The molecule has 4 aromatic rings. The molecule has 0 unspecified atom stereocenters. The van der Waals surface area contributed by atoms with Crippen LogP contribution in [-0.2, 0) is 24.4 Å². The van der Waals surface area contributed by atoms with E-state index in [-0.39, 0.29) is 24.7 Å². The Hall–Kier alpha value is -4.35. The van der Waals surface area contributed by atoms with Crippen molar-refractivity contribution in [2.75, 3.05) is 11.9 Å². The Balaban J connectivity index is 1.31. The van der Waals surface area contributed by atoms with Gasteiger partial charge in [0.1, 0.15) is 18.0 Å². The van der Waals surface area contributed by atoms with E-state index in [0.717, 1.165) is 10.9 Å². The average molecular weight is 452 g/mol. The van der Waals surface area contributed by atoms with Crippen LogP contribution in [0.5, 0.6) is 0 Å². The molecule has 11 nitrogen and oxygen atoms in total. The van der Waals surface area contributed by atoms with Gasteiger partial charge in [-0.25, -0.2) is 23.8 Å². The van der Waals surface area contributed by atoms with E-state index < -0.39 is 11.2 Å². The molecule has 1 aromatic carbocycles. The molecule has 0 saturated carbocycles. The SMILES string of the molecule is O=C(CCn1ccc(=O)[nH]c1=O)NCCn1ncc2c(NCc3ccc(F)cc3)ncnc21. The number of aromatic amines is 1. The summed E-state index contributed by atoms with van der Waals surface area (Å²) in [5.74, 6) is 0.0775. The van der Waals surface area contributed by atoms with Crippen LogP contribution in [0.3, 0.4) is 0 Å². The van der Waals surface area contributed by atoms with E-state index in [4.69, 9.17) is 0 Å². The minimum absolute atomic E-state index is 0.0887. The lowest BCUT2D eigenvalue weighted by molar-refractivity contribution is -0.121. The van der Waals surface area contributed by atoms with Crippen molar-refractivity contribution >= 4 is 22.8 Å². The van der Waals surface area contributed by atoms with Gasteiger partial charge >= 0.3 is 5.69 Å². The molecule has 0 fully saturated rings. The molecule has 0 atom stereocenters. The number of fused-ring (bicyclic) bond motifs is 1. The maximum absolute atomic E-state index is 13.1. The fraction of sp³-hybridized carbons (Fsp3) is 0.238. The number of benzene rings is 1. The highest BCUT2D eigenvalue weighted by Crippen LogP contribution is 2.19. The van der Waals surface area contributed by atoms with E-state index in [0.29, 0.717) is 31.1 Å². The van der Waals surface area contributed by atoms with Crippen LogP contribution in [-0.4, -0.2) is 41.8 Å². The van der Waals surface area contributed by atoms with Crippen molar-refractivity contribution in [1.29, 1.82) is 0 Å². The molecule has 1 amide bonds. The molecule has 3 heterocycles. The monoisotopic (exact) mass is 452 g/mol. The first-order valence-electron chi connectivity index (χ1n) is 10.2. The van der Waals surface area contributed by atoms with E-state index in [1.54, 1.807) is 23.0 Å². The molecule has 0 aliphatic carbocycles. The van der Waals surface area contributed by atoms with Gasteiger partial charge in [0.2, 0.25) is 5.91 Å². The lowest BCUT2D eigenvalue weighted by Crippen LogP contribution is -2.32. The van der Waals surface area contributed by atoms with Gasteiger partial charge in [-0.15, -0.1) is 0 Å². The number of carbonyl (C=O) groups is 1. The summed E-state index contributed by atoms with van der Waals surface area (Å²) in [6.45, 7) is 1.33. The summed E-state index contributed by atoms with van der Waals surface area (Å²) in [5.41, 5.74) is 0.481. The number of rotatable bonds is 9. The number of aryl methyl sites for hydroxylation is 1. The highest BCUT2D eigenvalue weighted by molar-refractivity contribution is 5.86. The molecule has 33 heavy (non-hydrogen) atoms. The molecular formula is C21H21FN8O3. The molecule has 4 rings (SSSR count). The normalized spacial score (nSPS) is 10.9. The van der Waals surface area contributed by atoms with Crippen LogP contribution in [0, 0.1) is 5.82 Å². The fourth-order valence-corrected chi connectivity index (χ4v) is 3.22. The number of aromatic nitrogens is 6. The summed E-state index contributed by atoms with van der Waals surface area (Å²) < 4.78 is 16.0. The fourth-order valence-electron chi connectivity index (χ4n) is 3.22. The molecule has 170 valence electrons. The minimum atomic E-state index is -0.554. The first kappa shape index (κ1) is 21.9. The highest BCUT2D eigenvalue weighted by atomic mass is 19.1. The quantitative estimate of drug-likeness (QED) is 0.338. The minimum Gasteiger partial charge on any atom is -0.365 e. The lowest BCUT2D eigenvalue weighted by atomic mass is 10.2. The standard InChI is InChI=1S/C21H21FN8O3/c22-15-3-1-14(2-4-15)11-24-19-16-12-27-30(20(16)26-13-25-19)10-7-23-17(31)5-8-29-9-6-18(32)28-21(29)33/h1-4,6,9,12-13H,5,7-8,10-11H2,(H,23,31)(H,24,25,26)(H,28,32,33). The van der Waals surface area contributed by atoms with Crippen molar-refractivity contribution in [3.05, 3.63) is 81.3 Å². The van der Waals surface area contributed by atoms with Gasteiger partial charge in [0.25, 0.3) is 5.56 Å². The number of halogens is 1. The number of H-pyrrole nitrogens is 1. The van der Waals surface area contributed by atoms with Crippen molar-refractivity contribution in [2.45, 2.75) is 26.1 Å². The zero-order chi connectivity index (χ0) is 23.2. The third-order valence-corrected chi connectivity index (χ3v) is 4.93. The van der Waals surface area contributed by atoms with Gasteiger partial charge in [0.15, 0.2) is 5.65 Å². The number of hydrogen-bond acceptors (Lipinski definition) is 7. The third kappa shape index (κ3) is 5.47. The van der Waals surface area contributed by atoms with Crippen LogP contribution < -0.4 is 21.9 Å². The van der Waals surface area contributed by atoms with E-state index in [2.05, 4.69) is 30.7 Å². The second kappa shape index (κ2) is 9.85. The Labute approximate surface area is 186 Å². The second-order valence-electron chi connectivity index (χ2n) is 7.21. The topological polar surface area (TPSA) is 140 Å². The first-order valence-corrected chi connectivity index (χ1v) is 10.2. The highest BCUT2D eigenvalue weighted by Gasteiger charge is 2.10. The van der Waals surface area contributed by atoms with Crippen LogP contribution in [0.4, 0.5) is 10.2 Å². The molecule has 3 aromatic heterocycles. The summed E-state index contributed by atoms with van der Waals surface area (Å²) in [6, 6.07) is 7.42. The Morgan fingerprint density at radius 2 is 1.91 bits per heavy atom.